The maximum absolute atomic E-state index is 10.7. The van der Waals surface area contributed by atoms with E-state index in [-0.39, 0.29) is 6.61 Å². The standard InChI is InChI=1S/C26H30O10/c1-32-24-17-23(7-3-20(24)5-9-26(30)31)36-15-13-34-11-10-33-12-14-35-22-6-2-19(4-8-25(28)29)21(16-22)18-27/h2-9,16-17,27H,10-15,18H2,1H3,(H,28,29)(H,30,31)/b8-4+,9-5+. The van der Waals surface area contributed by atoms with Crippen LogP contribution in [0.15, 0.2) is 48.6 Å². The second-order valence-electron chi connectivity index (χ2n) is 7.19. The van der Waals surface area contributed by atoms with Crippen LogP contribution in [0.2, 0.25) is 0 Å². The van der Waals surface area contributed by atoms with Crippen LogP contribution in [0.5, 0.6) is 17.2 Å². The fraction of sp³-hybridized carbons (Fsp3) is 0.308. The summed E-state index contributed by atoms with van der Waals surface area (Å²) in [5, 5.41) is 26.9. The van der Waals surface area contributed by atoms with Gasteiger partial charge in [0.2, 0.25) is 0 Å². The zero-order valence-corrected chi connectivity index (χ0v) is 19.9. The summed E-state index contributed by atoms with van der Waals surface area (Å²) in [5.74, 6) is -0.480. The Balaban J connectivity index is 1.59. The lowest BCUT2D eigenvalue weighted by Gasteiger charge is -2.11. The van der Waals surface area contributed by atoms with Gasteiger partial charge in [-0.15, -0.1) is 0 Å². The van der Waals surface area contributed by atoms with Gasteiger partial charge in [-0.25, -0.2) is 9.59 Å². The summed E-state index contributed by atoms with van der Waals surface area (Å²) in [4.78, 5) is 21.3. The minimum atomic E-state index is -1.06. The summed E-state index contributed by atoms with van der Waals surface area (Å²) < 4.78 is 27.4. The Labute approximate surface area is 208 Å². The zero-order chi connectivity index (χ0) is 26.2. The molecule has 0 aliphatic heterocycles. The predicted octanol–water partition coefficient (Wildman–Crippen LogP) is 2.87. The van der Waals surface area contributed by atoms with Gasteiger partial charge < -0.3 is 39.0 Å². The number of carbonyl (C=O) groups is 2. The van der Waals surface area contributed by atoms with E-state index in [4.69, 9.17) is 33.9 Å². The molecule has 2 aromatic carbocycles. The molecule has 0 aliphatic rings. The van der Waals surface area contributed by atoms with E-state index in [0.29, 0.717) is 73.6 Å². The third-order valence-corrected chi connectivity index (χ3v) is 4.67. The van der Waals surface area contributed by atoms with Crippen LogP contribution in [0.25, 0.3) is 12.2 Å². The van der Waals surface area contributed by atoms with Crippen molar-refractivity contribution in [1.29, 1.82) is 0 Å². The average Bonchev–Trinajstić information content (AvgIpc) is 2.87. The monoisotopic (exact) mass is 502 g/mol. The highest BCUT2D eigenvalue weighted by Crippen LogP contribution is 2.26. The molecule has 0 fully saturated rings. The lowest BCUT2D eigenvalue weighted by atomic mass is 10.1. The molecule has 2 aromatic rings. The van der Waals surface area contributed by atoms with Crippen LogP contribution in [-0.2, 0) is 25.7 Å². The highest BCUT2D eigenvalue weighted by atomic mass is 16.6. The van der Waals surface area contributed by atoms with E-state index in [2.05, 4.69) is 0 Å². The molecule has 0 saturated heterocycles. The lowest BCUT2D eigenvalue weighted by molar-refractivity contribution is -0.132. The van der Waals surface area contributed by atoms with Gasteiger partial charge in [0, 0.05) is 23.8 Å². The maximum Gasteiger partial charge on any atom is 0.328 e. The van der Waals surface area contributed by atoms with Crippen LogP contribution in [-0.4, -0.2) is 74.0 Å². The first-order chi connectivity index (χ1) is 17.4. The van der Waals surface area contributed by atoms with Crippen LogP contribution >= 0.6 is 0 Å². The van der Waals surface area contributed by atoms with Crippen molar-refractivity contribution in [2.75, 3.05) is 46.8 Å². The van der Waals surface area contributed by atoms with Gasteiger partial charge in [-0.2, -0.15) is 0 Å². The van der Waals surface area contributed by atoms with Gasteiger partial charge in [-0.05, 0) is 47.5 Å². The molecule has 0 amide bonds. The number of aliphatic hydroxyl groups excluding tert-OH is 1. The summed E-state index contributed by atoms with van der Waals surface area (Å²) >= 11 is 0. The number of aliphatic hydroxyl groups is 1. The number of methoxy groups -OCH3 is 1. The van der Waals surface area contributed by atoms with Crippen molar-refractivity contribution in [2.24, 2.45) is 0 Å². The lowest BCUT2D eigenvalue weighted by Crippen LogP contribution is -2.13. The normalized spacial score (nSPS) is 11.2. The van der Waals surface area contributed by atoms with E-state index >= 15 is 0 Å². The number of hydrogen-bond acceptors (Lipinski definition) is 8. The van der Waals surface area contributed by atoms with Crippen LogP contribution in [0.3, 0.4) is 0 Å². The number of carboxylic acid groups (broad SMARTS) is 2. The minimum Gasteiger partial charge on any atom is -0.496 e. The van der Waals surface area contributed by atoms with Gasteiger partial charge in [0.15, 0.2) is 0 Å². The SMILES string of the molecule is COc1cc(OCCOCCOCCOc2ccc(/C=C/C(=O)O)c(CO)c2)ccc1/C=C/C(=O)O. The van der Waals surface area contributed by atoms with Crippen molar-refractivity contribution in [1.82, 2.24) is 0 Å². The van der Waals surface area contributed by atoms with Crippen LogP contribution in [0, 0.1) is 0 Å². The quantitative estimate of drug-likeness (QED) is 0.218. The molecule has 2 rings (SSSR count). The van der Waals surface area contributed by atoms with Crippen molar-refractivity contribution in [3.63, 3.8) is 0 Å². The Kier molecular flexibility index (Phi) is 12.6. The van der Waals surface area contributed by atoms with Crippen molar-refractivity contribution in [3.05, 3.63) is 65.2 Å². The molecule has 3 N–H and O–H groups in total. The highest BCUT2D eigenvalue weighted by molar-refractivity contribution is 5.86. The molecular formula is C26H30O10. The highest BCUT2D eigenvalue weighted by Gasteiger charge is 2.05. The number of benzene rings is 2. The first kappa shape index (κ1) is 28.4. The molecule has 0 spiro atoms. The van der Waals surface area contributed by atoms with E-state index in [0.717, 1.165) is 12.2 Å². The number of carboxylic acids is 2. The molecule has 194 valence electrons. The summed E-state index contributed by atoms with van der Waals surface area (Å²) in [6.07, 6.45) is 4.91. The second kappa shape index (κ2) is 15.9. The molecular weight excluding hydrogens is 472 g/mol. The fourth-order valence-corrected chi connectivity index (χ4v) is 2.97. The Bertz CT molecular complexity index is 962. The summed E-state index contributed by atoms with van der Waals surface area (Å²) in [5.41, 5.74) is 1.79. The van der Waals surface area contributed by atoms with Crippen LogP contribution in [0.1, 0.15) is 16.7 Å². The number of ether oxygens (including phenoxy) is 5. The van der Waals surface area contributed by atoms with Gasteiger partial charge in [-0.3, -0.25) is 0 Å². The van der Waals surface area contributed by atoms with Gasteiger partial charge in [0.1, 0.15) is 30.5 Å². The Morgan fingerprint density at radius 2 is 1.25 bits per heavy atom. The molecule has 0 aromatic heterocycles. The topological polar surface area (TPSA) is 141 Å². The maximum atomic E-state index is 10.7. The van der Waals surface area contributed by atoms with Gasteiger partial charge in [0.05, 0.1) is 40.1 Å². The van der Waals surface area contributed by atoms with Crippen molar-refractivity contribution >= 4 is 24.1 Å². The number of aliphatic carboxylic acids is 2. The number of rotatable bonds is 17. The molecule has 10 heteroatoms. The molecule has 0 atom stereocenters. The zero-order valence-electron chi connectivity index (χ0n) is 19.9. The van der Waals surface area contributed by atoms with Crippen LogP contribution < -0.4 is 14.2 Å². The molecule has 0 heterocycles. The second-order valence-corrected chi connectivity index (χ2v) is 7.19. The molecule has 0 radical (unpaired) electrons. The molecule has 10 nitrogen and oxygen atoms in total. The predicted molar refractivity (Wildman–Crippen MR) is 131 cm³/mol. The first-order valence-electron chi connectivity index (χ1n) is 11.1. The molecule has 0 saturated carbocycles. The van der Waals surface area contributed by atoms with E-state index < -0.39 is 11.9 Å². The van der Waals surface area contributed by atoms with Crippen LogP contribution in [0.4, 0.5) is 0 Å². The van der Waals surface area contributed by atoms with Crippen molar-refractivity contribution in [2.45, 2.75) is 6.61 Å². The Morgan fingerprint density at radius 3 is 1.78 bits per heavy atom. The smallest absolute Gasteiger partial charge is 0.328 e. The third-order valence-electron chi connectivity index (χ3n) is 4.67. The summed E-state index contributed by atoms with van der Waals surface area (Å²) in [6.45, 7) is 1.84. The summed E-state index contributed by atoms with van der Waals surface area (Å²) in [7, 11) is 1.50. The summed E-state index contributed by atoms with van der Waals surface area (Å²) in [6, 6.07) is 10.1. The van der Waals surface area contributed by atoms with Gasteiger partial charge >= 0.3 is 11.9 Å². The minimum absolute atomic E-state index is 0.239. The largest absolute Gasteiger partial charge is 0.496 e. The van der Waals surface area contributed by atoms with E-state index in [1.807, 2.05) is 0 Å². The van der Waals surface area contributed by atoms with E-state index in [1.165, 1.54) is 19.3 Å². The number of hydrogen-bond donors (Lipinski definition) is 3. The Hall–Kier alpha value is -3.86. The third kappa shape index (κ3) is 10.6. The fourth-order valence-electron chi connectivity index (χ4n) is 2.97. The van der Waals surface area contributed by atoms with Crippen molar-refractivity contribution < 1.29 is 48.6 Å². The van der Waals surface area contributed by atoms with E-state index in [9.17, 15) is 14.7 Å². The molecule has 0 aliphatic carbocycles. The van der Waals surface area contributed by atoms with Crippen molar-refractivity contribution in [3.8, 4) is 17.2 Å². The van der Waals surface area contributed by atoms with Gasteiger partial charge in [-0.1, -0.05) is 6.07 Å². The molecule has 0 unspecified atom stereocenters. The average molecular weight is 503 g/mol. The molecule has 0 bridgehead atoms. The Morgan fingerprint density at radius 1 is 0.750 bits per heavy atom. The van der Waals surface area contributed by atoms with E-state index in [1.54, 1.807) is 36.4 Å². The molecule has 36 heavy (non-hydrogen) atoms. The first-order valence-corrected chi connectivity index (χ1v) is 11.1. The van der Waals surface area contributed by atoms with Gasteiger partial charge in [0.25, 0.3) is 0 Å².